The first-order valence-corrected chi connectivity index (χ1v) is 13.2. The fourth-order valence-electron chi connectivity index (χ4n) is 3.56. The van der Waals surface area contributed by atoms with Gasteiger partial charge in [-0.2, -0.15) is 4.98 Å². The van der Waals surface area contributed by atoms with Gasteiger partial charge in [-0.3, -0.25) is 5.32 Å². The number of methoxy groups -OCH3 is 2. The Labute approximate surface area is 216 Å². The van der Waals surface area contributed by atoms with Gasteiger partial charge < -0.3 is 19.9 Å². The van der Waals surface area contributed by atoms with Crippen LogP contribution in [0.15, 0.2) is 41.3 Å². The number of aryl methyl sites for hydroxylation is 1. The molecule has 0 aliphatic heterocycles. The number of thiazole rings is 1. The molecule has 0 fully saturated rings. The number of nitrogens with one attached hydrogen (secondary N) is 2. The molecule has 4 rings (SSSR count). The molecule has 5 N–H and O–H groups in total. The van der Waals surface area contributed by atoms with Crippen molar-refractivity contribution in [3.05, 3.63) is 52.5 Å². The lowest BCUT2D eigenvalue weighted by Crippen LogP contribution is -2.12. The van der Waals surface area contributed by atoms with Crippen molar-refractivity contribution in [1.82, 2.24) is 15.0 Å². The number of carboxylic acid groups (broad SMARTS) is 1. The molecule has 14 heteroatoms. The molecular weight excluding hydrogens is 520 g/mol. The number of aromatic carboxylic acids is 1. The number of ether oxygens (including phenoxy) is 2. The van der Waals surface area contributed by atoms with Crippen LogP contribution in [0, 0.1) is 6.92 Å². The SMILES string of the molecule is COc1cc2nc(Nc3nc(C)c(C(=O)O)s3)nc(NCCc3ccc(S(N)(=O)=O)cc3)c2cc1OC. The third-order valence-electron chi connectivity index (χ3n) is 5.37. The van der Waals surface area contributed by atoms with E-state index in [1.165, 1.54) is 26.4 Å². The van der Waals surface area contributed by atoms with Gasteiger partial charge in [-0.1, -0.05) is 23.5 Å². The highest BCUT2D eigenvalue weighted by Gasteiger charge is 2.17. The normalized spacial score (nSPS) is 11.4. The Bertz CT molecular complexity index is 1570. The number of anilines is 3. The van der Waals surface area contributed by atoms with Gasteiger partial charge in [0.15, 0.2) is 16.6 Å². The standard InChI is InChI=1S/C23H24N6O6S2/c1-12-19(21(30)31)36-23(26-12)29-22-27-16-11-18(35-3)17(34-2)10-15(16)20(28-22)25-9-8-13-4-6-14(7-5-13)37(24,32)33/h4-7,10-11H,8-9H2,1-3H3,(H,30,31)(H2,24,32,33)(H2,25,26,27,28,29). The quantitative estimate of drug-likeness (QED) is 0.230. The molecule has 2 aromatic carbocycles. The van der Waals surface area contributed by atoms with Crippen LogP contribution in [0.2, 0.25) is 0 Å². The van der Waals surface area contributed by atoms with E-state index in [1.807, 2.05) is 0 Å². The van der Waals surface area contributed by atoms with Crippen LogP contribution in [0.25, 0.3) is 10.9 Å². The lowest BCUT2D eigenvalue weighted by Gasteiger charge is -2.14. The van der Waals surface area contributed by atoms with Crippen LogP contribution >= 0.6 is 11.3 Å². The Morgan fingerprint density at radius 3 is 2.35 bits per heavy atom. The van der Waals surface area contributed by atoms with Crippen molar-refractivity contribution in [3.8, 4) is 11.5 Å². The van der Waals surface area contributed by atoms with Gasteiger partial charge in [0.1, 0.15) is 10.7 Å². The summed E-state index contributed by atoms with van der Waals surface area (Å²) in [4.78, 5) is 25.0. The molecular formula is C23H24N6O6S2. The van der Waals surface area contributed by atoms with E-state index in [-0.39, 0.29) is 15.7 Å². The molecule has 0 aliphatic carbocycles. The largest absolute Gasteiger partial charge is 0.493 e. The molecule has 0 saturated carbocycles. The number of rotatable bonds is 10. The van der Waals surface area contributed by atoms with Gasteiger partial charge in [-0.15, -0.1) is 0 Å². The zero-order valence-electron chi connectivity index (χ0n) is 20.1. The van der Waals surface area contributed by atoms with Crippen LogP contribution in [-0.2, 0) is 16.4 Å². The molecule has 4 aromatic rings. The number of carbonyl (C=O) groups is 1. The number of nitrogens with two attached hydrogens (primary N) is 1. The van der Waals surface area contributed by atoms with Gasteiger partial charge in [-0.05, 0) is 37.1 Å². The average molecular weight is 545 g/mol. The third kappa shape index (κ3) is 5.87. The van der Waals surface area contributed by atoms with Crippen molar-refractivity contribution in [2.24, 2.45) is 5.14 Å². The van der Waals surface area contributed by atoms with Crippen LogP contribution in [-0.4, -0.2) is 55.2 Å². The first-order valence-electron chi connectivity index (χ1n) is 10.9. The molecule has 0 aliphatic rings. The zero-order chi connectivity index (χ0) is 26.7. The molecule has 2 heterocycles. The van der Waals surface area contributed by atoms with Crippen molar-refractivity contribution in [1.29, 1.82) is 0 Å². The number of nitrogens with zero attached hydrogens (tertiary/aromatic N) is 3. The smallest absolute Gasteiger partial charge is 0.347 e. The van der Waals surface area contributed by atoms with E-state index in [1.54, 1.807) is 31.2 Å². The highest BCUT2D eigenvalue weighted by atomic mass is 32.2. The fraction of sp³-hybridized carbons (Fsp3) is 0.217. The Morgan fingerprint density at radius 2 is 1.76 bits per heavy atom. The Kier molecular flexibility index (Phi) is 7.42. The van der Waals surface area contributed by atoms with E-state index in [0.717, 1.165) is 16.9 Å². The van der Waals surface area contributed by atoms with E-state index < -0.39 is 16.0 Å². The van der Waals surface area contributed by atoms with Crippen LogP contribution in [0.3, 0.4) is 0 Å². The average Bonchev–Trinajstić information content (AvgIpc) is 3.23. The van der Waals surface area contributed by atoms with Crippen LogP contribution < -0.4 is 25.2 Å². The van der Waals surface area contributed by atoms with Gasteiger partial charge >= 0.3 is 5.97 Å². The monoisotopic (exact) mass is 544 g/mol. The summed E-state index contributed by atoms with van der Waals surface area (Å²) in [6, 6.07) is 9.80. The van der Waals surface area contributed by atoms with Gasteiger partial charge in [-0.25, -0.2) is 28.3 Å². The van der Waals surface area contributed by atoms with E-state index >= 15 is 0 Å². The number of carboxylic acids is 1. The van der Waals surface area contributed by atoms with Gasteiger partial charge in [0.2, 0.25) is 16.0 Å². The molecule has 2 aromatic heterocycles. The molecule has 0 unspecified atom stereocenters. The minimum absolute atomic E-state index is 0.0474. The van der Waals surface area contributed by atoms with E-state index in [9.17, 15) is 18.3 Å². The molecule has 37 heavy (non-hydrogen) atoms. The first-order chi connectivity index (χ1) is 17.6. The zero-order valence-corrected chi connectivity index (χ0v) is 21.7. The fourth-order valence-corrected chi connectivity index (χ4v) is 4.88. The second kappa shape index (κ2) is 10.5. The first kappa shape index (κ1) is 26.1. The van der Waals surface area contributed by atoms with Crippen LogP contribution in [0.4, 0.5) is 16.9 Å². The number of fused-ring (bicyclic) bond motifs is 1. The van der Waals surface area contributed by atoms with Crippen molar-refractivity contribution in [2.75, 3.05) is 31.4 Å². The molecule has 194 valence electrons. The highest BCUT2D eigenvalue weighted by molar-refractivity contribution is 7.89. The van der Waals surface area contributed by atoms with E-state index in [4.69, 9.17) is 14.6 Å². The molecule has 12 nitrogen and oxygen atoms in total. The Hall–Kier alpha value is -4.01. The maximum atomic E-state index is 11.5. The van der Waals surface area contributed by atoms with E-state index in [0.29, 0.717) is 52.0 Å². The van der Waals surface area contributed by atoms with Crippen molar-refractivity contribution < 1.29 is 27.8 Å². The predicted molar refractivity (Wildman–Crippen MR) is 140 cm³/mol. The van der Waals surface area contributed by atoms with Crippen molar-refractivity contribution in [3.63, 3.8) is 0 Å². The summed E-state index contributed by atoms with van der Waals surface area (Å²) in [7, 11) is -0.700. The van der Waals surface area contributed by atoms with Crippen molar-refractivity contribution in [2.45, 2.75) is 18.2 Å². The summed E-state index contributed by atoms with van der Waals surface area (Å²) in [5.41, 5.74) is 1.84. The lowest BCUT2D eigenvalue weighted by molar-refractivity contribution is 0.0701. The second-order valence-corrected chi connectivity index (χ2v) is 10.4. The summed E-state index contributed by atoms with van der Waals surface area (Å²) in [5.74, 6) is 0.645. The number of primary sulfonamides is 1. The highest BCUT2D eigenvalue weighted by Crippen LogP contribution is 2.35. The number of hydrogen-bond donors (Lipinski definition) is 4. The lowest BCUT2D eigenvalue weighted by atomic mass is 10.1. The minimum atomic E-state index is -3.75. The molecule has 0 atom stereocenters. The predicted octanol–water partition coefficient (Wildman–Crippen LogP) is 3.16. The summed E-state index contributed by atoms with van der Waals surface area (Å²) < 4.78 is 33.8. The summed E-state index contributed by atoms with van der Waals surface area (Å²) >= 11 is 0.987. The number of sulfonamides is 1. The second-order valence-electron chi connectivity index (χ2n) is 7.85. The molecule has 0 spiro atoms. The summed E-state index contributed by atoms with van der Waals surface area (Å²) in [6.07, 6.45) is 0.570. The van der Waals surface area contributed by atoms with Crippen LogP contribution in [0.5, 0.6) is 11.5 Å². The molecule has 0 saturated heterocycles. The van der Waals surface area contributed by atoms with Crippen molar-refractivity contribution >= 4 is 55.1 Å². The topological polar surface area (TPSA) is 179 Å². The number of benzene rings is 2. The number of aromatic nitrogens is 3. The van der Waals surface area contributed by atoms with Crippen LogP contribution in [0.1, 0.15) is 20.9 Å². The van der Waals surface area contributed by atoms with Gasteiger partial charge in [0.05, 0.1) is 30.3 Å². The molecule has 0 amide bonds. The Balaban J connectivity index is 1.64. The third-order valence-corrected chi connectivity index (χ3v) is 7.36. The number of hydrogen-bond acceptors (Lipinski definition) is 11. The summed E-state index contributed by atoms with van der Waals surface area (Å²) in [6.45, 7) is 2.08. The van der Waals surface area contributed by atoms with Gasteiger partial charge in [0, 0.05) is 18.0 Å². The maximum absolute atomic E-state index is 11.5. The van der Waals surface area contributed by atoms with Gasteiger partial charge in [0.25, 0.3) is 0 Å². The molecule has 0 bridgehead atoms. The minimum Gasteiger partial charge on any atom is -0.493 e. The summed E-state index contributed by atoms with van der Waals surface area (Å²) in [5, 5.41) is 21.8. The molecule has 0 radical (unpaired) electrons. The maximum Gasteiger partial charge on any atom is 0.347 e. The Morgan fingerprint density at radius 1 is 1.08 bits per heavy atom. The van der Waals surface area contributed by atoms with E-state index in [2.05, 4.69) is 25.6 Å².